The monoisotopic (exact) mass is 240 g/mol. The van der Waals surface area contributed by atoms with Crippen molar-refractivity contribution in [2.75, 3.05) is 0 Å². The van der Waals surface area contributed by atoms with Crippen molar-refractivity contribution in [3.63, 3.8) is 0 Å². The van der Waals surface area contributed by atoms with Crippen LogP contribution in [0.1, 0.15) is 11.4 Å². The van der Waals surface area contributed by atoms with Crippen LogP contribution >= 0.6 is 11.3 Å². The number of aromatic nitrogens is 2. The van der Waals surface area contributed by atoms with Crippen LogP contribution in [0.5, 0.6) is 0 Å². The van der Waals surface area contributed by atoms with Gasteiger partial charge in [0.25, 0.3) is 0 Å². The molecule has 0 aliphatic rings. The summed E-state index contributed by atoms with van der Waals surface area (Å²) in [6, 6.07) is 8.46. The van der Waals surface area contributed by atoms with Gasteiger partial charge in [-0.05, 0) is 48.4 Å². The van der Waals surface area contributed by atoms with Gasteiger partial charge in [0.2, 0.25) is 0 Å². The van der Waals surface area contributed by atoms with Gasteiger partial charge in [-0.2, -0.15) is 0 Å². The summed E-state index contributed by atoms with van der Waals surface area (Å²) in [5.74, 6) is 0.810. The van der Waals surface area contributed by atoms with Gasteiger partial charge >= 0.3 is 0 Å². The standard InChI is InChI=1S/C14H12N2S/c1-9-8-17-14-4-3-11(7-12(9)14)13-5-6-15-10(2)16-13/h3-8H,1-2H3. The minimum atomic E-state index is 0.810. The molecule has 0 saturated heterocycles. The van der Waals surface area contributed by atoms with Gasteiger partial charge in [-0.3, -0.25) is 0 Å². The number of hydrogen-bond donors (Lipinski definition) is 0. The molecule has 0 aliphatic carbocycles. The lowest BCUT2D eigenvalue weighted by molar-refractivity contribution is 1.06. The van der Waals surface area contributed by atoms with Crippen molar-refractivity contribution in [3.8, 4) is 11.3 Å². The van der Waals surface area contributed by atoms with Crippen LogP contribution in [0.15, 0.2) is 35.8 Å². The van der Waals surface area contributed by atoms with Crippen molar-refractivity contribution in [1.82, 2.24) is 9.97 Å². The first-order valence-corrected chi connectivity index (χ1v) is 6.40. The van der Waals surface area contributed by atoms with Crippen LogP contribution in [0.2, 0.25) is 0 Å². The smallest absolute Gasteiger partial charge is 0.125 e. The molecule has 0 unspecified atom stereocenters. The minimum Gasteiger partial charge on any atom is -0.242 e. The molecule has 0 radical (unpaired) electrons. The highest BCUT2D eigenvalue weighted by molar-refractivity contribution is 7.17. The molecule has 3 aromatic rings. The maximum atomic E-state index is 4.46. The molecule has 0 amide bonds. The van der Waals surface area contributed by atoms with E-state index in [0.29, 0.717) is 0 Å². The molecular formula is C14H12N2S. The van der Waals surface area contributed by atoms with Crippen LogP contribution in [-0.4, -0.2) is 9.97 Å². The highest BCUT2D eigenvalue weighted by atomic mass is 32.1. The fourth-order valence-corrected chi connectivity index (χ4v) is 2.86. The zero-order valence-corrected chi connectivity index (χ0v) is 10.6. The lowest BCUT2D eigenvalue weighted by Crippen LogP contribution is -1.89. The molecule has 17 heavy (non-hydrogen) atoms. The van der Waals surface area contributed by atoms with Crippen LogP contribution in [0.25, 0.3) is 21.3 Å². The van der Waals surface area contributed by atoms with Crippen LogP contribution in [0.4, 0.5) is 0 Å². The van der Waals surface area contributed by atoms with Gasteiger partial charge in [0, 0.05) is 16.5 Å². The highest BCUT2D eigenvalue weighted by Gasteiger charge is 2.04. The number of aryl methyl sites for hydroxylation is 2. The predicted octanol–water partition coefficient (Wildman–Crippen LogP) is 3.98. The number of rotatable bonds is 1. The fraction of sp³-hybridized carbons (Fsp3) is 0.143. The van der Waals surface area contributed by atoms with Crippen molar-refractivity contribution >= 4 is 21.4 Å². The maximum Gasteiger partial charge on any atom is 0.125 e. The summed E-state index contributed by atoms with van der Waals surface area (Å²) >= 11 is 1.79. The van der Waals surface area contributed by atoms with Crippen molar-refractivity contribution in [2.45, 2.75) is 13.8 Å². The molecular weight excluding hydrogens is 228 g/mol. The maximum absolute atomic E-state index is 4.46. The topological polar surface area (TPSA) is 25.8 Å². The third kappa shape index (κ3) is 1.83. The third-order valence-electron chi connectivity index (χ3n) is 2.84. The van der Waals surface area contributed by atoms with E-state index >= 15 is 0 Å². The second-order valence-corrected chi connectivity index (χ2v) is 5.03. The Morgan fingerprint density at radius 1 is 1.12 bits per heavy atom. The normalized spacial score (nSPS) is 10.9. The van der Waals surface area contributed by atoms with Gasteiger partial charge in [0.1, 0.15) is 5.82 Å². The van der Waals surface area contributed by atoms with E-state index in [0.717, 1.165) is 17.1 Å². The van der Waals surface area contributed by atoms with E-state index in [4.69, 9.17) is 0 Å². The van der Waals surface area contributed by atoms with E-state index in [1.165, 1.54) is 15.6 Å². The summed E-state index contributed by atoms with van der Waals surface area (Å²) in [6.07, 6.45) is 1.81. The second kappa shape index (κ2) is 3.93. The van der Waals surface area contributed by atoms with E-state index in [9.17, 15) is 0 Å². The predicted molar refractivity (Wildman–Crippen MR) is 72.3 cm³/mol. The van der Waals surface area contributed by atoms with Gasteiger partial charge < -0.3 is 0 Å². The second-order valence-electron chi connectivity index (χ2n) is 4.12. The van der Waals surface area contributed by atoms with Gasteiger partial charge in [0.15, 0.2) is 0 Å². The molecule has 0 saturated carbocycles. The summed E-state index contributed by atoms with van der Waals surface area (Å²) in [7, 11) is 0. The van der Waals surface area contributed by atoms with Gasteiger partial charge in [-0.25, -0.2) is 9.97 Å². The van der Waals surface area contributed by atoms with Gasteiger partial charge in [-0.15, -0.1) is 11.3 Å². The number of nitrogens with zero attached hydrogens (tertiary/aromatic N) is 2. The zero-order chi connectivity index (χ0) is 11.8. The fourth-order valence-electron chi connectivity index (χ4n) is 1.93. The van der Waals surface area contributed by atoms with Crippen LogP contribution in [0, 0.1) is 13.8 Å². The van der Waals surface area contributed by atoms with E-state index < -0.39 is 0 Å². The van der Waals surface area contributed by atoms with Crippen LogP contribution in [-0.2, 0) is 0 Å². The Balaban J connectivity index is 2.20. The summed E-state index contributed by atoms with van der Waals surface area (Å²) in [5, 5.41) is 3.52. The molecule has 2 heterocycles. The Hall–Kier alpha value is -1.74. The molecule has 3 heteroatoms. The Kier molecular flexibility index (Phi) is 2.41. The lowest BCUT2D eigenvalue weighted by Gasteiger charge is -2.02. The quantitative estimate of drug-likeness (QED) is 0.643. The Morgan fingerprint density at radius 3 is 2.82 bits per heavy atom. The number of fused-ring (bicyclic) bond motifs is 1. The van der Waals surface area contributed by atoms with Crippen molar-refractivity contribution in [1.29, 1.82) is 0 Å². The number of benzene rings is 1. The van der Waals surface area contributed by atoms with E-state index in [1.54, 1.807) is 11.3 Å². The molecule has 0 fully saturated rings. The summed E-state index contributed by atoms with van der Waals surface area (Å²) < 4.78 is 1.33. The average Bonchev–Trinajstić information content (AvgIpc) is 2.71. The molecule has 0 spiro atoms. The highest BCUT2D eigenvalue weighted by Crippen LogP contribution is 2.29. The largest absolute Gasteiger partial charge is 0.242 e. The van der Waals surface area contributed by atoms with E-state index in [1.807, 2.05) is 19.2 Å². The SMILES string of the molecule is Cc1nccc(-c2ccc3scc(C)c3c2)n1. The van der Waals surface area contributed by atoms with Gasteiger partial charge in [-0.1, -0.05) is 6.07 Å². The third-order valence-corrected chi connectivity index (χ3v) is 3.92. The Morgan fingerprint density at radius 2 is 2.00 bits per heavy atom. The van der Waals surface area contributed by atoms with Crippen LogP contribution in [0.3, 0.4) is 0 Å². The molecule has 1 aromatic carbocycles. The Bertz CT molecular complexity index is 686. The average molecular weight is 240 g/mol. The molecule has 2 aromatic heterocycles. The first-order chi connectivity index (χ1) is 8.24. The summed E-state index contributed by atoms with van der Waals surface area (Å²) in [6.45, 7) is 4.06. The molecule has 2 nitrogen and oxygen atoms in total. The molecule has 0 atom stereocenters. The minimum absolute atomic E-state index is 0.810. The molecule has 0 bridgehead atoms. The number of thiophene rings is 1. The molecule has 0 aliphatic heterocycles. The number of hydrogen-bond acceptors (Lipinski definition) is 3. The molecule has 3 rings (SSSR count). The van der Waals surface area contributed by atoms with E-state index in [2.05, 4.69) is 40.5 Å². The molecule has 84 valence electrons. The van der Waals surface area contributed by atoms with Crippen molar-refractivity contribution in [3.05, 3.63) is 47.2 Å². The Labute approximate surface area is 104 Å². The molecule has 0 N–H and O–H groups in total. The van der Waals surface area contributed by atoms with Crippen LogP contribution < -0.4 is 0 Å². The first-order valence-electron chi connectivity index (χ1n) is 5.52. The van der Waals surface area contributed by atoms with Gasteiger partial charge in [0.05, 0.1) is 5.69 Å². The lowest BCUT2D eigenvalue weighted by atomic mass is 10.1. The van der Waals surface area contributed by atoms with Crippen molar-refractivity contribution in [2.24, 2.45) is 0 Å². The summed E-state index contributed by atoms with van der Waals surface area (Å²) in [5.41, 5.74) is 3.48. The summed E-state index contributed by atoms with van der Waals surface area (Å²) in [4.78, 5) is 8.58. The first kappa shape index (κ1) is 10.4. The van der Waals surface area contributed by atoms with Crippen molar-refractivity contribution < 1.29 is 0 Å². The van der Waals surface area contributed by atoms with E-state index in [-0.39, 0.29) is 0 Å². The zero-order valence-electron chi connectivity index (χ0n) is 9.77.